The highest BCUT2D eigenvalue weighted by molar-refractivity contribution is 5.93. The predicted octanol–water partition coefficient (Wildman–Crippen LogP) is 2.82. The Balaban J connectivity index is 2.09. The first-order valence-electron chi connectivity index (χ1n) is 12.2. The first-order valence-corrected chi connectivity index (χ1v) is 12.2. The zero-order valence-electron chi connectivity index (χ0n) is 21.5. The summed E-state index contributed by atoms with van der Waals surface area (Å²) in [6.45, 7) is 7.78. The van der Waals surface area contributed by atoms with E-state index in [4.69, 9.17) is 9.47 Å². The van der Waals surface area contributed by atoms with Crippen molar-refractivity contribution >= 4 is 23.7 Å². The molecule has 9 nitrogen and oxygen atoms in total. The molecule has 1 aromatic rings. The number of hydrogen-bond acceptors (Lipinski definition) is 6. The number of ether oxygens (including phenoxy) is 2. The third-order valence-corrected chi connectivity index (χ3v) is 5.76. The number of rotatable bonds is 12. The van der Waals surface area contributed by atoms with Gasteiger partial charge in [0.25, 0.3) is 0 Å². The van der Waals surface area contributed by atoms with Gasteiger partial charge in [0.05, 0.1) is 12.6 Å². The molecule has 3 atom stereocenters. The summed E-state index contributed by atoms with van der Waals surface area (Å²) in [5, 5.41) is 5.56. The number of nitrogens with zero attached hydrogens (tertiary/aromatic N) is 1. The summed E-state index contributed by atoms with van der Waals surface area (Å²) in [5.41, 5.74) is 0.223. The molecular weight excluding hydrogens is 450 g/mol. The molecule has 2 rings (SSSR count). The Hall–Kier alpha value is -2.94. The van der Waals surface area contributed by atoms with E-state index >= 15 is 0 Å². The number of ketones is 1. The van der Waals surface area contributed by atoms with Gasteiger partial charge in [0.1, 0.15) is 18.2 Å². The minimum Gasteiger partial charge on any atom is -0.444 e. The monoisotopic (exact) mass is 489 g/mol. The van der Waals surface area contributed by atoms with Crippen LogP contribution in [0.25, 0.3) is 0 Å². The molecule has 0 unspecified atom stereocenters. The summed E-state index contributed by atoms with van der Waals surface area (Å²) < 4.78 is 11.0. The van der Waals surface area contributed by atoms with Gasteiger partial charge in [0, 0.05) is 19.5 Å². The predicted molar refractivity (Wildman–Crippen MR) is 131 cm³/mol. The number of likely N-dealkylation sites (N-methyl/N-ethyl adjacent to an activating group) is 1. The van der Waals surface area contributed by atoms with Crippen molar-refractivity contribution in [3.63, 3.8) is 0 Å². The average molecular weight is 490 g/mol. The van der Waals surface area contributed by atoms with E-state index in [1.54, 1.807) is 20.8 Å². The van der Waals surface area contributed by atoms with Crippen LogP contribution in [0.4, 0.5) is 4.79 Å². The molecule has 35 heavy (non-hydrogen) atoms. The summed E-state index contributed by atoms with van der Waals surface area (Å²) in [6.07, 6.45) is 1.21. The molecule has 194 valence electrons. The Morgan fingerprint density at radius 2 is 1.89 bits per heavy atom. The maximum atomic E-state index is 13.3. The number of nitrogens with one attached hydrogen (secondary N) is 2. The van der Waals surface area contributed by atoms with E-state index in [0.717, 1.165) is 5.56 Å². The van der Waals surface area contributed by atoms with E-state index in [2.05, 4.69) is 10.6 Å². The third-order valence-electron chi connectivity index (χ3n) is 5.76. The fourth-order valence-electron chi connectivity index (χ4n) is 3.87. The number of benzene rings is 1. The standard InChI is InChI=1S/C26H39N3O6/c1-6-10-21(29(5)25(33)35-26(2,3)4)24(32)28-20(15-19-13-14-27-23(19)31)22(30)17-34-16-18-11-8-7-9-12-18/h7-9,11-12,19-21H,6,10,13-17H2,1-5H3,(H,27,31)(H,28,32)/t19-,20-,21-/m0/s1. The molecule has 0 radical (unpaired) electrons. The first-order chi connectivity index (χ1) is 16.5. The van der Waals surface area contributed by atoms with Gasteiger partial charge in [-0.05, 0) is 45.6 Å². The molecule has 9 heteroatoms. The van der Waals surface area contributed by atoms with Gasteiger partial charge in [-0.2, -0.15) is 0 Å². The van der Waals surface area contributed by atoms with Crippen LogP contribution in [0.15, 0.2) is 30.3 Å². The second kappa shape index (κ2) is 13.2. The van der Waals surface area contributed by atoms with Crippen LogP contribution < -0.4 is 10.6 Å². The molecule has 0 aliphatic carbocycles. The van der Waals surface area contributed by atoms with E-state index in [9.17, 15) is 19.2 Å². The third kappa shape index (κ3) is 9.32. The largest absolute Gasteiger partial charge is 0.444 e. The van der Waals surface area contributed by atoms with Gasteiger partial charge in [-0.15, -0.1) is 0 Å². The van der Waals surface area contributed by atoms with Gasteiger partial charge in [0.15, 0.2) is 5.78 Å². The summed E-state index contributed by atoms with van der Waals surface area (Å²) >= 11 is 0. The number of hydrogen-bond donors (Lipinski definition) is 2. The average Bonchev–Trinajstić information content (AvgIpc) is 3.20. The van der Waals surface area contributed by atoms with E-state index in [1.165, 1.54) is 11.9 Å². The van der Waals surface area contributed by atoms with Crippen LogP contribution >= 0.6 is 0 Å². The van der Waals surface area contributed by atoms with E-state index in [0.29, 0.717) is 25.8 Å². The van der Waals surface area contributed by atoms with Crippen LogP contribution in [-0.4, -0.2) is 66.5 Å². The van der Waals surface area contributed by atoms with Crippen molar-refractivity contribution in [1.82, 2.24) is 15.5 Å². The zero-order valence-corrected chi connectivity index (χ0v) is 21.5. The minimum absolute atomic E-state index is 0.127. The maximum absolute atomic E-state index is 13.3. The smallest absolute Gasteiger partial charge is 0.410 e. The maximum Gasteiger partial charge on any atom is 0.410 e. The molecule has 2 N–H and O–H groups in total. The summed E-state index contributed by atoms with van der Waals surface area (Å²) in [5.74, 6) is -1.27. The highest BCUT2D eigenvalue weighted by atomic mass is 16.6. The highest BCUT2D eigenvalue weighted by Crippen LogP contribution is 2.18. The number of carbonyl (C=O) groups excluding carboxylic acids is 4. The van der Waals surface area contributed by atoms with Gasteiger partial charge in [-0.25, -0.2) is 4.79 Å². The highest BCUT2D eigenvalue weighted by Gasteiger charge is 2.35. The number of amides is 3. The van der Waals surface area contributed by atoms with Gasteiger partial charge in [-0.1, -0.05) is 43.7 Å². The van der Waals surface area contributed by atoms with Gasteiger partial charge in [0.2, 0.25) is 11.8 Å². The molecule has 1 aromatic carbocycles. The van der Waals surface area contributed by atoms with Crippen molar-refractivity contribution in [2.24, 2.45) is 5.92 Å². The molecule has 0 bridgehead atoms. The SMILES string of the molecule is CCC[C@@H](C(=O)N[C@@H](C[C@@H]1CCNC1=O)C(=O)COCc1ccccc1)N(C)C(=O)OC(C)(C)C. The lowest BCUT2D eigenvalue weighted by molar-refractivity contribution is -0.134. The Labute approximate surface area is 207 Å². The fraction of sp³-hybridized carbons (Fsp3) is 0.615. The topological polar surface area (TPSA) is 114 Å². The van der Waals surface area contributed by atoms with Crippen LogP contribution in [0.3, 0.4) is 0 Å². The Bertz CT molecular complexity index is 868. The van der Waals surface area contributed by atoms with Gasteiger partial charge in [-0.3, -0.25) is 19.3 Å². The minimum atomic E-state index is -0.904. The van der Waals surface area contributed by atoms with Crippen molar-refractivity contribution in [2.75, 3.05) is 20.2 Å². The second-order valence-corrected chi connectivity index (χ2v) is 9.91. The van der Waals surface area contributed by atoms with E-state index < -0.39 is 29.7 Å². The number of carbonyl (C=O) groups is 4. The Kier molecular flexibility index (Phi) is 10.7. The van der Waals surface area contributed by atoms with Crippen LogP contribution in [0.1, 0.15) is 58.9 Å². The fourth-order valence-corrected chi connectivity index (χ4v) is 3.87. The van der Waals surface area contributed by atoms with E-state index in [-0.39, 0.29) is 37.2 Å². The van der Waals surface area contributed by atoms with E-state index in [1.807, 2.05) is 37.3 Å². The van der Waals surface area contributed by atoms with Crippen molar-refractivity contribution in [3.8, 4) is 0 Å². The molecule has 0 spiro atoms. The molecule has 0 aromatic heterocycles. The van der Waals surface area contributed by atoms with Crippen molar-refractivity contribution < 1.29 is 28.7 Å². The molecular formula is C26H39N3O6. The quantitative estimate of drug-likeness (QED) is 0.467. The van der Waals surface area contributed by atoms with Crippen LogP contribution in [-0.2, 0) is 30.5 Å². The van der Waals surface area contributed by atoms with Crippen LogP contribution in [0.5, 0.6) is 0 Å². The van der Waals surface area contributed by atoms with Crippen molar-refractivity contribution in [3.05, 3.63) is 35.9 Å². The Morgan fingerprint density at radius 3 is 2.46 bits per heavy atom. The molecule has 1 heterocycles. The normalized spacial score (nSPS) is 17.3. The summed E-state index contributed by atoms with van der Waals surface area (Å²) in [4.78, 5) is 52.3. The lowest BCUT2D eigenvalue weighted by atomic mass is 9.95. The second-order valence-electron chi connectivity index (χ2n) is 9.91. The van der Waals surface area contributed by atoms with Crippen LogP contribution in [0, 0.1) is 5.92 Å². The lowest BCUT2D eigenvalue weighted by Gasteiger charge is -2.31. The van der Waals surface area contributed by atoms with Crippen molar-refractivity contribution in [1.29, 1.82) is 0 Å². The first kappa shape index (κ1) is 28.3. The Morgan fingerprint density at radius 1 is 1.20 bits per heavy atom. The van der Waals surface area contributed by atoms with Gasteiger partial charge < -0.3 is 20.1 Å². The molecule has 0 saturated carbocycles. The summed E-state index contributed by atoms with van der Waals surface area (Å²) in [7, 11) is 1.51. The number of Topliss-reactive ketones (excluding diaryl/α,β-unsaturated/α-hetero) is 1. The summed E-state index contributed by atoms with van der Waals surface area (Å²) in [6, 6.07) is 7.75. The molecule has 3 amide bonds. The van der Waals surface area contributed by atoms with Crippen molar-refractivity contribution in [2.45, 2.75) is 77.7 Å². The molecule has 1 saturated heterocycles. The molecule has 1 fully saturated rings. The lowest BCUT2D eigenvalue weighted by Crippen LogP contribution is -2.53. The zero-order chi connectivity index (χ0) is 26.0. The molecule has 1 aliphatic heterocycles. The molecule has 1 aliphatic rings. The van der Waals surface area contributed by atoms with Gasteiger partial charge >= 0.3 is 6.09 Å². The van der Waals surface area contributed by atoms with Crippen LogP contribution in [0.2, 0.25) is 0 Å².